The van der Waals surface area contributed by atoms with Gasteiger partial charge in [0.05, 0.1) is 63.1 Å². The maximum Gasteiger partial charge on any atom is 0.407 e. The number of aliphatic hydroxyl groups excluding tert-OH is 1. The summed E-state index contributed by atoms with van der Waals surface area (Å²) in [6, 6.07) is 21.0. The molecule has 2 aliphatic rings. The second-order valence-electron chi connectivity index (χ2n) is 15.3. The Labute approximate surface area is 363 Å². The fourth-order valence-corrected chi connectivity index (χ4v) is 9.91. The molecular weight excluding hydrogens is 848 g/mol. The van der Waals surface area contributed by atoms with Crippen LogP contribution in [0.1, 0.15) is 45.2 Å². The Hall–Kier alpha value is -4.10. The maximum absolute atomic E-state index is 13.9. The normalized spacial score (nSPS) is 19.9. The number of ether oxygens (including phenoxy) is 7. The van der Waals surface area contributed by atoms with Gasteiger partial charge in [-0.05, 0) is 80.1 Å². The van der Waals surface area contributed by atoms with Crippen molar-refractivity contribution in [3.8, 4) is 11.5 Å². The third-order valence-corrected chi connectivity index (χ3v) is 13.5. The highest BCUT2D eigenvalue weighted by Gasteiger charge is 2.44. The minimum Gasteiger partial charge on any atom is -0.497 e. The van der Waals surface area contributed by atoms with E-state index < -0.39 is 66.7 Å². The number of alkyl carbamates (subject to hydrolysis) is 1. The molecule has 1 unspecified atom stereocenters. The standard InChI is InChI=1S/C43H59N2O15PS/c1-6-54-41(47)31(4)60-61(49,58-27-33-10-8-7-9-11-33)29-53-22-23-55-35-14-12-32(13-15-35)24-38(44-43(48)59-40-28-57-42-37(40)20-21-56-42)39(46)26-45(25-30(2)3)62(50,51)36-18-16-34(52-5)17-19-36/h7-19,30-31,37-40,42,46H,6,20-29H2,1-5H3,(H,44,48)/t31-,37+,38+,39-,40+,42-,61?/m1/s1. The lowest BCUT2D eigenvalue weighted by Gasteiger charge is -2.31. The molecule has 5 rings (SSSR count). The number of hydrogen-bond donors (Lipinski definition) is 2. The molecule has 0 bridgehead atoms. The van der Waals surface area contributed by atoms with Crippen molar-refractivity contribution in [3.63, 3.8) is 0 Å². The summed E-state index contributed by atoms with van der Waals surface area (Å²) in [5, 5.41) is 14.5. The molecule has 0 saturated carbocycles. The third kappa shape index (κ3) is 14.5. The van der Waals surface area contributed by atoms with Crippen LogP contribution in [0.3, 0.4) is 0 Å². The van der Waals surface area contributed by atoms with Gasteiger partial charge in [-0.2, -0.15) is 4.31 Å². The largest absolute Gasteiger partial charge is 0.497 e. The summed E-state index contributed by atoms with van der Waals surface area (Å²) in [5.41, 5.74) is 1.45. The molecule has 3 aromatic rings. The Morgan fingerprint density at radius 3 is 2.32 bits per heavy atom. The van der Waals surface area contributed by atoms with E-state index >= 15 is 0 Å². The number of sulfonamides is 1. The zero-order valence-corrected chi connectivity index (χ0v) is 37.5. The monoisotopic (exact) mass is 906 g/mol. The number of carbonyl (C=O) groups excluding carboxylic acids is 2. The van der Waals surface area contributed by atoms with Gasteiger partial charge in [0, 0.05) is 13.1 Å². The number of nitrogens with zero attached hydrogens (tertiary/aromatic N) is 1. The number of benzene rings is 3. The second kappa shape index (κ2) is 23.5. The van der Waals surface area contributed by atoms with Crippen molar-refractivity contribution in [3.05, 3.63) is 90.0 Å². The van der Waals surface area contributed by atoms with Crippen molar-refractivity contribution in [2.24, 2.45) is 11.8 Å². The van der Waals surface area contributed by atoms with Gasteiger partial charge >= 0.3 is 19.7 Å². The van der Waals surface area contributed by atoms with E-state index in [0.29, 0.717) is 30.1 Å². The van der Waals surface area contributed by atoms with Crippen LogP contribution in [-0.2, 0) is 65.1 Å². The molecule has 0 radical (unpaired) electrons. The summed E-state index contributed by atoms with van der Waals surface area (Å²) in [7, 11) is -6.50. The first-order chi connectivity index (χ1) is 29.7. The van der Waals surface area contributed by atoms with Gasteiger partial charge in [0.1, 0.15) is 30.6 Å². The van der Waals surface area contributed by atoms with Crippen LogP contribution in [0.15, 0.2) is 83.8 Å². The molecule has 3 aromatic carbocycles. The minimum absolute atomic E-state index is 0.00393. The highest BCUT2D eigenvalue weighted by Crippen LogP contribution is 2.50. The van der Waals surface area contributed by atoms with E-state index in [0.717, 1.165) is 5.56 Å². The van der Waals surface area contributed by atoms with Crippen LogP contribution in [0.5, 0.6) is 11.5 Å². The fourth-order valence-electron chi connectivity index (χ4n) is 6.82. The Morgan fingerprint density at radius 1 is 0.935 bits per heavy atom. The first-order valence-corrected chi connectivity index (χ1v) is 23.8. The molecule has 0 spiro atoms. The number of carbonyl (C=O) groups is 2. The van der Waals surface area contributed by atoms with Gasteiger partial charge in [0.15, 0.2) is 12.4 Å². The summed E-state index contributed by atoms with van der Waals surface area (Å²) in [5.74, 6) is 0.0991. The first-order valence-electron chi connectivity index (χ1n) is 20.6. The molecule has 0 aromatic heterocycles. The average Bonchev–Trinajstić information content (AvgIpc) is 3.88. The number of hydrogen-bond acceptors (Lipinski definition) is 15. The van der Waals surface area contributed by atoms with Crippen LogP contribution in [0, 0.1) is 11.8 Å². The van der Waals surface area contributed by atoms with Crippen LogP contribution >= 0.6 is 7.60 Å². The van der Waals surface area contributed by atoms with Crippen molar-refractivity contribution >= 4 is 29.7 Å². The molecule has 2 N–H and O–H groups in total. The number of amides is 1. The van der Waals surface area contributed by atoms with Gasteiger partial charge in [-0.25, -0.2) is 18.0 Å². The molecule has 2 saturated heterocycles. The van der Waals surface area contributed by atoms with Crippen molar-refractivity contribution in [2.45, 2.75) is 82.7 Å². The number of methoxy groups -OCH3 is 1. The van der Waals surface area contributed by atoms with Gasteiger partial charge in [0.25, 0.3) is 0 Å². The van der Waals surface area contributed by atoms with E-state index in [-0.39, 0.29) is 69.3 Å². The van der Waals surface area contributed by atoms with Gasteiger partial charge < -0.3 is 48.1 Å². The number of esters is 1. The Morgan fingerprint density at radius 2 is 1.65 bits per heavy atom. The zero-order valence-electron chi connectivity index (χ0n) is 35.8. The van der Waals surface area contributed by atoms with Crippen LogP contribution < -0.4 is 14.8 Å². The lowest BCUT2D eigenvalue weighted by atomic mass is 10.0. The van der Waals surface area contributed by atoms with Crippen molar-refractivity contribution in [1.82, 2.24) is 9.62 Å². The van der Waals surface area contributed by atoms with E-state index in [1.54, 1.807) is 55.5 Å². The number of aliphatic hydroxyl groups is 1. The van der Waals surface area contributed by atoms with Crippen molar-refractivity contribution in [2.75, 3.05) is 59.6 Å². The lowest BCUT2D eigenvalue weighted by Crippen LogP contribution is -2.51. The van der Waals surface area contributed by atoms with Gasteiger partial charge in [0.2, 0.25) is 10.0 Å². The molecule has 2 fully saturated rings. The van der Waals surface area contributed by atoms with Crippen LogP contribution in [0.2, 0.25) is 0 Å². The summed E-state index contributed by atoms with van der Waals surface area (Å²) in [6.45, 7) is 7.46. The molecule has 62 heavy (non-hydrogen) atoms. The molecule has 1 amide bonds. The predicted octanol–water partition coefficient (Wildman–Crippen LogP) is 5.53. The van der Waals surface area contributed by atoms with Crippen LogP contribution in [0.25, 0.3) is 0 Å². The van der Waals surface area contributed by atoms with E-state index in [9.17, 15) is 27.7 Å². The van der Waals surface area contributed by atoms with Crippen LogP contribution in [-0.4, -0.2) is 120 Å². The fraction of sp³-hybridized carbons (Fsp3) is 0.535. The molecule has 342 valence electrons. The molecule has 19 heteroatoms. The van der Waals surface area contributed by atoms with Gasteiger partial charge in [-0.15, -0.1) is 0 Å². The highest BCUT2D eigenvalue weighted by atomic mass is 32.2. The Balaban J connectivity index is 1.21. The molecule has 0 aliphatic carbocycles. The van der Waals surface area contributed by atoms with Crippen molar-refractivity contribution in [1.29, 1.82) is 0 Å². The van der Waals surface area contributed by atoms with E-state index in [2.05, 4.69) is 5.32 Å². The molecule has 7 atom stereocenters. The molecule has 17 nitrogen and oxygen atoms in total. The van der Waals surface area contributed by atoms with Crippen LogP contribution in [0.4, 0.5) is 4.79 Å². The first kappa shape index (κ1) is 48.9. The molecular formula is C43H59N2O15PS. The Bertz CT molecular complexity index is 2010. The molecule has 2 heterocycles. The predicted molar refractivity (Wildman–Crippen MR) is 226 cm³/mol. The lowest BCUT2D eigenvalue weighted by molar-refractivity contribution is -0.151. The second-order valence-corrected chi connectivity index (χ2v) is 19.2. The van der Waals surface area contributed by atoms with E-state index in [1.807, 2.05) is 32.0 Å². The SMILES string of the molecule is CCOC(=O)[C@@H](C)OP(=O)(COCCOc1ccc(C[C@H](NC(=O)O[C@H]2CO[C@H]3OCC[C@H]32)[C@H](O)CN(CC(C)C)S(=O)(=O)c2ccc(OC)cc2)cc1)OCc1ccccc1. The number of rotatable bonds is 25. The number of fused-ring (bicyclic) bond motifs is 1. The summed E-state index contributed by atoms with van der Waals surface area (Å²) >= 11 is 0. The van der Waals surface area contributed by atoms with Gasteiger partial charge in [-0.1, -0.05) is 56.3 Å². The smallest absolute Gasteiger partial charge is 0.407 e. The third-order valence-electron chi connectivity index (χ3n) is 10.0. The maximum atomic E-state index is 13.9. The average molecular weight is 907 g/mol. The van der Waals surface area contributed by atoms with E-state index in [4.69, 9.17) is 42.2 Å². The van der Waals surface area contributed by atoms with Gasteiger partial charge in [-0.3, -0.25) is 9.09 Å². The Kier molecular flexibility index (Phi) is 18.6. The minimum atomic E-state index is -4.06. The quantitative estimate of drug-likeness (QED) is 0.0610. The topological polar surface area (TPSA) is 204 Å². The highest BCUT2D eigenvalue weighted by molar-refractivity contribution is 7.89. The molecule has 2 aliphatic heterocycles. The van der Waals surface area contributed by atoms with E-state index in [1.165, 1.54) is 30.5 Å². The summed E-state index contributed by atoms with van der Waals surface area (Å²) in [6.07, 6.45) is -3.92. The summed E-state index contributed by atoms with van der Waals surface area (Å²) < 4.78 is 92.5. The summed E-state index contributed by atoms with van der Waals surface area (Å²) in [4.78, 5) is 25.6. The van der Waals surface area contributed by atoms with Crippen molar-refractivity contribution < 1.29 is 69.9 Å². The number of nitrogens with one attached hydrogen (secondary N) is 1. The zero-order chi connectivity index (χ0) is 44.7.